The van der Waals surface area contributed by atoms with Gasteiger partial charge in [-0.3, -0.25) is 4.79 Å². The second kappa shape index (κ2) is 7.73. The zero-order chi connectivity index (χ0) is 19.6. The minimum absolute atomic E-state index is 0.0495. The molecule has 0 saturated carbocycles. The molecule has 27 heavy (non-hydrogen) atoms. The van der Waals surface area contributed by atoms with E-state index in [0.717, 1.165) is 15.7 Å². The lowest BCUT2D eigenvalue weighted by molar-refractivity contribution is -0.274. The van der Waals surface area contributed by atoms with Gasteiger partial charge in [0, 0.05) is 22.6 Å². The van der Waals surface area contributed by atoms with E-state index < -0.39 is 6.36 Å². The van der Waals surface area contributed by atoms with Crippen LogP contribution in [0.1, 0.15) is 21.7 Å². The number of halogens is 3. The molecule has 0 bridgehead atoms. The van der Waals surface area contributed by atoms with Crippen LogP contribution in [-0.4, -0.2) is 32.7 Å². The fraction of sp³-hybridized carbons (Fsp3) is 0.235. The van der Waals surface area contributed by atoms with Gasteiger partial charge in [-0.2, -0.15) is 0 Å². The van der Waals surface area contributed by atoms with Crippen LogP contribution in [0, 0.1) is 13.8 Å². The molecule has 5 nitrogen and oxygen atoms in total. The maximum Gasteiger partial charge on any atom is 0.573 e. The molecule has 0 fully saturated rings. The van der Waals surface area contributed by atoms with Crippen molar-refractivity contribution >= 4 is 28.9 Å². The van der Waals surface area contributed by atoms with Crippen molar-refractivity contribution in [2.45, 2.75) is 24.5 Å². The Hall–Kier alpha value is -2.33. The fourth-order valence-electron chi connectivity index (χ4n) is 2.67. The first kappa shape index (κ1) is 19.4. The van der Waals surface area contributed by atoms with Crippen LogP contribution in [-0.2, 0) is 0 Å². The van der Waals surface area contributed by atoms with Gasteiger partial charge >= 0.3 is 6.36 Å². The lowest BCUT2D eigenvalue weighted by Crippen LogP contribution is -2.17. The summed E-state index contributed by atoms with van der Waals surface area (Å²) in [6.45, 7) is 3.64. The van der Waals surface area contributed by atoms with E-state index in [1.807, 2.05) is 11.5 Å². The fourth-order valence-corrected chi connectivity index (χ4v) is 4.04. The molecule has 0 atom stereocenters. The first-order valence-electron chi connectivity index (χ1n) is 7.72. The van der Waals surface area contributed by atoms with Crippen molar-refractivity contribution in [3.05, 3.63) is 52.8 Å². The molecular weight excluding hydrogens is 399 g/mol. The molecule has 0 unspecified atom stereocenters. The number of rotatable bonds is 6. The molecular formula is C17H14F3N3O2S2. The molecule has 0 radical (unpaired) electrons. The second-order valence-electron chi connectivity index (χ2n) is 5.58. The molecule has 3 aromatic rings. The van der Waals surface area contributed by atoms with Gasteiger partial charge in [-0.15, -0.1) is 23.4 Å². The molecule has 0 aliphatic rings. The van der Waals surface area contributed by atoms with E-state index in [2.05, 4.69) is 14.9 Å². The SMILES string of the molecule is Cc1cc(C(=O)CSc2nncs2)c(C)n1-c1ccc(OC(F)(F)F)cc1. The van der Waals surface area contributed by atoms with Gasteiger partial charge in [0.15, 0.2) is 10.1 Å². The van der Waals surface area contributed by atoms with Crippen LogP contribution in [0.3, 0.4) is 0 Å². The second-order valence-corrected chi connectivity index (χ2v) is 7.63. The molecule has 0 aliphatic heterocycles. The van der Waals surface area contributed by atoms with Crippen LogP contribution in [0.15, 0.2) is 40.2 Å². The predicted molar refractivity (Wildman–Crippen MR) is 96.9 cm³/mol. The Morgan fingerprint density at radius 3 is 2.56 bits per heavy atom. The number of nitrogens with zero attached hydrogens (tertiary/aromatic N) is 3. The van der Waals surface area contributed by atoms with Gasteiger partial charge in [0.1, 0.15) is 11.3 Å². The number of hydrogen-bond acceptors (Lipinski definition) is 6. The highest BCUT2D eigenvalue weighted by Crippen LogP contribution is 2.27. The molecule has 2 heterocycles. The third kappa shape index (κ3) is 4.69. The van der Waals surface area contributed by atoms with Crippen LogP contribution in [0.5, 0.6) is 5.75 Å². The minimum atomic E-state index is -4.73. The Kier molecular flexibility index (Phi) is 5.56. The molecule has 2 aromatic heterocycles. The number of carbonyl (C=O) groups is 1. The van der Waals surface area contributed by atoms with E-state index in [1.54, 1.807) is 18.5 Å². The molecule has 1 aromatic carbocycles. The normalized spacial score (nSPS) is 11.6. The Bertz CT molecular complexity index is 936. The van der Waals surface area contributed by atoms with E-state index in [9.17, 15) is 18.0 Å². The Morgan fingerprint density at radius 1 is 1.26 bits per heavy atom. The quantitative estimate of drug-likeness (QED) is 0.428. The summed E-state index contributed by atoms with van der Waals surface area (Å²) in [5, 5.41) is 7.62. The molecule has 0 aliphatic carbocycles. The number of ether oxygens (including phenoxy) is 1. The molecule has 0 amide bonds. The zero-order valence-corrected chi connectivity index (χ0v) is 15.9. The van der Waals surface area contributed by atoms with Crippen molar-refractivity contribution < 1.29 is 22.7 Å². The summed E-state index contributed by atoms with van der Waals surface area (Å²) in [5.41, 5.74) is 4.35. The van der Waals surface area contributed by atoms with Gasteiger partial charge in [0.05, 0.1) is 5.75 Å². The van der Waals surface area contributed by atoms with Crippen LogP contribution in [0.4, 0.5) is 13.2 Å². The minimum Gasteiger partial charge on any atom is -0.406 e. The number of benzene rings is 1. The third-order valence-electron chi connectivity index (χ3n) is 3.73. The van der Waals surface area contributed by atoms with Crippen LogP contribution >= 0.6 is 23.1 Å². The van der Waals surface area contributed by atoms with Gasteiger partial charge in [0.2, 0.25) is 0 Å². The number of ketones is 1. The topological polar surface area (TPSA) is 57.0 Å². The molecule has 0 saturated heterocycles. The maximum atomic E-state index is 12.5. The summed E-state index contributed by atoms with van der Waals surface area (Å²) in [5.74, 6) is -0.109. The lowest BCUT2D eigenvalue weighted by atomic mass is 10.2. The van der Waals surface area contributed by atoms with Gasteiger partial charge in [0.25, 0.3) is 0 Å². The highest BCUT2D eigenvalue weighted by molar-refractivity contribution is 8.01. The van der Waals surface area contributed by atoms with E-state index in [-0.39, 0.29) is 17.3 Å². The molecule has 0 N–H and O–H groups in total. The highest BCUT2D eigenvalue weighted by atomic mass is 32.2. The first-order chi connectivity index (χ1) is 12.7. The van der Waals surface area contributed by atoms with Gasteiger partial charge < -0.3 is 9.30 Å². The standard InChI is InChI=1S/C17H14F3N3O2S2/c1-10-7-14(15(24)8-26-16-22-21-9-27-16)11(2)23(10)12-3-5-13(6-4-12)25-17(18,19)20/h3-7,9H,8H2,1-2H3. The summed E-state index contributed by atoms with van der Waals surface area (Å²) < 4.78 is 43.3. The number of thioether (sulfide) groups is 1. The van der Waals surface area contributed by atoms with Crippen molar-refractivity contribution in [1.29, 1.82) is 0 Å². The summed E-state index contributed by atoms with van der Waals surface area (Å²) >= 11 is 2.69. The summed E-state index contributed by atoms with van der Waals surface area (Å²) in [6.07, 6.45) is -4.73. The Balaban J connectivity index is 1.79. The van der Waals surface area contributed by atoms with E-state index in [1.165, 1.54) is 47.4 Å². The number of carbonyl (C=O) groups excluding carboxylic acids is 1. The largest absolute Gasteiger partial charge is 0.573 e. The van der Waals surface area contributed by atoms with Crippen molar-refractivity contribution in [1.82, 2.24) is 14.8 Å². The number of aryl methyl sites for hydroxylation is 1. The summed E-state index contributed by atoms with van der Waals surface area (Å²) in [7, 11) is 0. The highest BCUT2D eigenvalue weighted by Gasteiger charge is 2.31. The van der Waals surface area contributed by atoms with E-state index >= 15 is 0 Å². The van der Waals surface area contributed by atoms with Crippen molar-refractivity contribution in [2.75, 3.05) is 5.75 Å². The van der Waals surface area contributed by atoms with Crippen molar-refractivity contribution in [3.63, 3.8) is 0 Å². The Morgan fingerprint density at radius 2 is 1.96 bits per heavy atom. The monoisotopic (exact) mass is 413 g/mol. The third-order valence-corrected chi connectivity index (χ3v) is 5.59. The van der Waals surface area contributed by atoms with Gasteiger partial charge in [-0.25, -0.2) is 0 Å². The van der Waals surface area contributed by atoms with Gasteiger partial charge in [-0.05, 0) is 44.2 Å². The predicted octanol–water partition coefficient (Wildman–Crippen LogP) is 4.82. The van der Waals surface area contributed by atoms with Crippen molar-refractivity contribution in [2.24, 2.45) is 0 Å². The maximum absolute atomic E-state index is 12.5. The average Bonchev–Trinajstić information content (AvgIpc) is 3.20. The number of Topliss-reactive ketones (excluding diaryl/α,β-unsaturated/α-hetero) is 1. The summed E-state index contributed by atoms with van der Waals surface area (Å²) in [6, 6.07) is 7.30. The first-order valence-corrected chi connectivity index (χ1v) is 9.58. The molecule has 10 heteroatoms. The van der Waals surface area contributed by atoms with Crippen LogP contribution in [0.25, 0.3) is 5.69 Å². The Labute approximate surface area is 161 Å². The smallest absolute Gasteiger partial charge is 0.406 e. The van der Waals surface area contributed by atoms with Crippen molar-refractivity contribution in [3.8, 4) is 11.4 Å². The van der Waals surface area contributed by atoms with E-state index in [0.29, 0.717) is 11.3 Å². The van der Waals surface area contributed by atoms with Crippen LogP contribution in [0.2, 0.25) is 0 Å². The summed E-state index contributed by atoms with van der Waals surface area (Å²) in [4.78, 5) is 12.5. The molecule has 142 valence electrons. The lowest BCUT2D eigenvalue weighted by Gasteiger charge is -2.12. The zero-order valence-electron chi connectivity index (χ0n) is 14.3. The van der Waals surface area contributed by atoms with Crippen LogP contribution < -0.4 is 4.74 Å². The average molecular weight is 413 g/mol. The van der Waals surface area contributed by atoms with Gasteiger partial charge in [-0.1, -0.05) is 23.1 Å². The number of hydrogen-bond donors (Lipinski definition) is 0. The molecule has 3 rings (SSSR count). The number of alkyl halides is 3. The molecule has 0 spiro atoms. The van der Waals surface area contributed by atoms with E-state index in [4.69, 9.17) is 0 Å². The number of aromatic nitrogens is 3.